The number of carboxylic acid groups (broad SMARTS) is 1. The van der Waals surface area contributed by atoms with Gasteiger partial charge < -0.3 is 10.8 Å². The van der Waals surface area contributed by atoms with Gasteiger partial charge >= 0.3 is 12.1 Å². The van der Waals surface area contributed by atoms with Crippen molar-refractivity contribution in [3.63, 3.8) is 0 Å². The molecule has 0 aliphatic rings. The van der Waals surface area contributed by atoms with Crippen molar-refractivity contribution in [2.45, 2.75) is 19.0 Å². The zero-order valence-electron chi connectivity index (χ0n) is 8.63. The van der Waals surface area contributed by atoms with Gasteiger partial charge in [0.2, 0.25) is 0 Å². The zero-order valence-corrected chi connectivity index (χ0v) is 8.63. The molecule has 1 rings (SSSR count). The molecule has 0 spiro atoms. The van der Waals surface area contributed by atoms with Gasteiger partial charge in [-0.05, 0) is 6.07 Å². The summed E-state index contributed by atoms with van der Waals surface area (Å²) in [7, 11) is 0. The van der Waals surface area contributed by atoms with Crippen molar-refractivity contribution >= 4 is 11.7 Å². The van der Waals surface area contributed by atoms with E-state index in [4.69, 9.17) is 10.8 Å². The highest BCUT2D eigenvalue weighted by atomic mass is 19.4. The van der Waals surface area contributed by atoms with Crippen LogP contribution in [0.2, 0.25) is 0 Å². The Morgan fingerprint density at radius 1 is 1.44 bits per heavy atom. The van der Waals surface area contributed by atoms with Gasteiger partial charge in [-0.25, -0.2) is 13.8 Å². The van der Waals surface area contributed by atoms with E-state index >= 15 is 0 Å². The van der Waals surface area contributed by atoms with Gasteiger partial charge in [-0.15, -0.1) is 0 Å². The van der Waals surface area contributed by atoms with E-state index in [1.165, 1.54) is 0 Å². The monoisotopic (exact) mass is 270 g/mol. The third kappa shape index (κ3) is 3.05. The lowest BCUT2D eigenvalue weighted by molar-refractivity contribution is -0.143. The Labute approximate surface area is 97.2 Å². The van der Waals surface area contributed by atoms with Crippen molar-refractivity contribution in [2.75, 3.05) is 5.73 Å². The average Bonchev–Trinajstić information content (AvgIpc) is 2.12. The van der Waals surface area contributed by atoms with Crippen molar-refractivity contribution in [3.05, 3.63) is 23.0 Å². The summed E-state index contributed by atoms with van der Waals surface area (Å²) in [5.41, 5.74) is 0.435. The van der Waals surface area contributed by atoms with Crippen LogP contribution in [0.5, 0.6) is 0 Å². The number of hydrogen-bond acceptors (Lipinski definition) is 3. The van der Waals surface area contributed by atoms with Crippen LogP contribution in [0.3, 0.4) is 0 Å². The van der Waals surface area contributed by atoms with Gasteiger partial charge in [-0.2, -0.15) is 13.2 Å². The number of halogens is 5. The first kappa shape index (κ1) is 14.1. The van der Waals surface area contributed by atoms with Crippen molar-refractivity contribution in [1.29, 1.82) is 0 Å². The molecule has 0 aliphatic heterocycles. The predicted octanol–water partition coefficient (Wildman–Crippen LogP) is 2.25. The van der Waals surface area contributed by atoms with Crippen molar-refractivity contribution in [2.24, 2.45) is 0 Å². The topological polar surface area (TPSA) is 76.2 Å². The molecule has 0 atom stereocenters. The summed E-state index contributed by atoms with van der Waals surface area (Å²) in [6.07, 6.45) is -9.42. The van der Waals surface area contributed by atoms with E-state index in [1.54, 1.807) is 0 Å². The summed E-state index contributed by atoms with van der Waals surface area (Å²) in [6, 6.07) is 0.699. The van der Waals surface area contributed by atoms with Gasteiger partial charge in [-0.3, -0.25) is 4.79 Å². The Kier molecular flexibility index (Phi) is 3.73. The van der Waals surface area contributed by atoms with Gasteiger partial charge in [0.1, 0.15) is 0 Å². The van der Waals surface area contributed by atoms with Crippen molar-refractivity contribution in [3.8, 4) is 0 Å². The van der Waals surface area contributed by atoms with Crippen molar-refractivity contribution < 1.29 is 31.9 Å². The summed E-state index contributed by atoms with van der Waals surface area (Å²) in [5.74, 6) is -1.44. The summed E-state index contributed by atoms with van der Waals surface area (Å²) >= 11 is 0. The fourth-order valence-corrected chi connectivity index (χ4v) is 1.32. The third-order valence-electron chi connectivity index (χ3n) is 1.96. The number of nitrogens with two attached hydrogens (primary N) is 1. The number of carbonyl (C=O) groups is 1. The maximum atomic E-state index is 12.5. The maximum absolute atomic E-state index is 12.5. The third-order valence-corrected chi connectivity index (χ3v) is 1.96. The molecule has 3 N–H and O–H groups in total. The Hall–Kier alpha value is -1.93. The molecule has 0 unspecified atom stereocenters. The highest BCUT2D eigenvalue weighted by molar-refractivity contribution is 5.70. The fraction of sp³-hybridized carbons (Fsp3) is 0.333. The number of pyridine rings is 1. The first-order chi connectivity index (χ1) is 8.12. The Bertz CT molecular complexity index is 473. The summed E-state index contributed by atoms with van der Waals surface area (Å²) < 4.78 is 62.5. The smallest absolute Gasteiger partial charge is 0.433 e. The van der Waals surface area contributed by atoms with Crippen LogP contribution in [0.4, 0.5) is 27.6 Å². The maximum Gasteiger partial charge on any atom is 0.433 e. The molecule has 0 aliphatic carbocycles. The van der Waals surface area contributed by atoms with Crippen LogP contribution in [0.15, 0.2) is 6.07 Å². The highest BCUT2D eigenvalue weighted by Crippen LogP contribution is 2.38. The second kappa shape index (κ2) is 4.75. The van der Waals surface area contributed by atoms with Crippen LogP contribution in [-0.2, 0) is 17.4 Å². The van der Waals surface area contributed by atoms with Crippen LogP contribution >= 0.6 is 0 Å². The van der Waals surface area contributed by atoms with E-state index in [2.05, 4.69) is 4.98 Å². The first-order valence-electron chi connectivity index (χ1n) is 4.49. The standard InChI is InChI=1S/C9H7F5N2O2/c10-8(11)6-4(15)1-3(2-5(17)18)16-7(6)9(12,13)14/h1,8H,2H2,(H2,15,16)(H,17,18). The lowest BCUT2D eigenvalue weighted by Gasteiger charge is -2.14. The second-order valence-electron chi connectivity index (χ2n) is 3.33. The van der Waals surface area contributed by atoms with E-state index in [1.807, 2.05) is 0 Å². The first-order valence-corrected chi connectivity index (χ1v) is 4.49. The molecule has 0 saturated heterocycles. The van der Waals surface area contributed by atoms with Crippen LogP contribution in [0, 0.1) is 0 Å². The minimum absolute atomic E-state index is 0.531. The molecule has 100 valence electrons. The SMILES string of the molecule is Nc1cc(CC(=O)O)nc(C(F)(F)F)c1C(F)F. The minimum Gasteiger partial charge on any atom is -0.481 e. The molecule has 0 saturated carbocycles. The molecule has 1 heterocycles. The quantitative estimate of drug-likeness (QED) is 0.826. The minimum atomic E-state index is -5.13. The van der Waals surface area contributed by atoms with E-state index in [-0.39, 0.29) is 0 Å². The second-order valence-corrected chi connectivity index (χ2v) is 3.33. The molecule has 0 fully saturated rings. The number of aromatic nitrogens is 1. The van der Waals surface area contributed by atoms with Crippen LogP contribution < -0.4 is 5.73 Å². The molecular weight excluding hydrogens is 263 g/mol. The number of carboxylic acids is 1. The molecule has 18 heavy (non-hydrogen) atoms. The normalized spacial score (nSPS) is 11.9. The molecule has 1 aromatic heterocycles. The summed E-state index contributed by atoms with van der Waals surface area (Å²) in [6.45, 7) is 0. The average molecular weight is 270 g/mol. The summed E-state index contributed by atoms with van der Waals surface area (Å²) in [5, 5.41) is 8.42. The molecule has 0 amide bonds. The number of rotatable bonds is 3. The van der Waals surface area contributed by atoms with E-state index in [9.17, 15) is 26.7 Å². The molecular formula is C9H7F5N2O2. The molecule has 0 radical (unpaired) electrons. The number of anilines is 1. The van der Waals surface area contributed by atoms with Gasteiger partial charge in [0.25, 0.3) is 6.43 Å². The van der Waals surface area contributed by atoms with E-state index in [0.717, 1.165) is 0 Å². The number of nitrogen functional groups attached to an aromatic ring is 1. The largest absolute Gasteiger partial charge is 0.481 e. The van der Waals surface area contributed by atoms with Crippen LogP contribution in [-0.4, -0.2) is 16.1 Å². The predicted molar refractivity (Wildman–Crippen MR) is 49.9 cm³/mol. The van der Waals surface area contributed by atoms with Gasteiger partial charge in [0.05, 0.1) is 17.7 Å². The zero-order chi connectivity index (χ0) is 14.1. The Morgan fingerprint density at radius 3 is 2.39 bits per heavy atom. The Morgan fingerprint density at radius 2 is 2.00 bits per heavy atom. The number of alkyl halides is 5. The molecule has 1 aromatic rings. The van der Waals surface area contributed by atoms with Gasteiger partial charge in [0.15, 0.2) is 5.69 Å². The van der Waals surface area contributed by atoms with Crippen molar-refractivity contribution in [1.82, 2.24) is 4.98 Å². The van der Waals surface area contributed by atoms with Crippen LogP contribution in [0.1, 0.15) is 23.4 Å². The lowest BCUT2D eigenvalue weighted by atomic mass is 10.1. The molecule has 9 heteroatoms. The van der Waals surface area contributed by atoms with Crippen LogP contribution in [0.25, 0.3) is 0 Å². The van der Waals surface area contributed by atoms with Gasteiger partial charge in [0, 0.05) is 5.69 Å². The number of nitrogens with zero attached hydrogens (tertiary/aromatic N) is 1. The van der Waals surface area contributed by atoms with Gasteiger partial charge in [-0.1, -0.05) is 0 Å². The number of aliphatic carboxylic acids is 1. The van der Waals surface area contributed by atoms with E-state index < -0.39 is 47.6 Å². The highest BCUT2D eigenvalue weighted by Gasteiger charge is 2.39. The summed E-state index contributed by atoms with van der Waals surface area (Å²) in [4.78, 5) is 13.2. The molecule has 4 nitrogen and oxygen atoms in total. The molecule has 0 aromatic carbocycles. The molecule has 0 bridgehead atoms. The van der Waals surface area contributed by atoms with E-state index in [0.29, 0.717) is 6.07 Å². The number of hydrogen-bond donors (Lipinski definition) is 2. The fourth-order valence-electron chi connectivity index (χ4n) is 1.32. The Balaban J connectivity index is 3.42. The lowest BCUT2D eigenvalue weighted by Crippen LogP contribution is -2.17.